The number of amides is 1. The van der Waals surface area contributed by atoms with E-state index in [0.29, 0.717) is 5.69 Å². The van der Waals surface area contributed by atoms with Crippen LogP contribution in [0.2, 0.25) is 0 Å². The fourth-order valence-corrected chi connectivity index (χ4v) is 2.92. The largest absolute Gasteiger partial charge is 0.483 e. The van der Waals surface area contributed by atoms with Gasteiger partial charge in [-0.1, -0.05) is 24.3 Å². The van der Waals surface area contributed by atoms with Crippen LogP contribution in [0.4, 0.5) is 13.2 Å². The molecule has 162 valence electrons. The Labute approximate surface area is 177 Å². The summed E-state index contributed by atoms with van der Waals surface area (Å²) in [6.07, 6.45) is 0.240. The van der Waals surface area contributed by atoms with E-state index in [4.69, 9.17) is 0 Å². The highest BCUT2D eigenvalue weighted by atomic mass is 19.4. The summed E-state index contributed by atoms with van der Waals surface area (Å²) in [7, 11) is 0. The Hall–Kier alpha value is -3.49. The van der Waals surface area contributed by atoms with Crippen molar-refractivity contribution in [1.29, 1.82) is 0 Å². The van der Waals surface area contributed by atoms with Crippen molar-refractivity contribution in [3.8, 4) is 17.0 Å². The van der Waals surface area contributed by atoms with E-state index in [2.05, 4.69) is 25.0 Å². The average Bonchev–Trinajstić information content (AvgIpc) is 2.73. The van der Waals surface area contributed by atoms with Crippen LogP contribution in [-0.4, -0.2) is 33.6 Å². The lowest BCUT2D eigenvalue weighted by Crippen LogP contribution is -2.28. The number of rotatable bonds is 7. The van der Waals surface area contributed by atoms with Crippen LogP contribution in [-0.2, 0) is 11.2 Å². The first-order valence-corrected chi connectivity index (χ1v) is 9.53. The van der Waals surface area contributed by atoms with Crippen LogP contribution < -0.4 is 10.1 Å². The number of hydrogen-bond acceptors (Lipinski definition) is 5. The molecule has 0 fully saturated rings. The number of aryl methyl sites for hydroxylation is 1. The van der Waals surface area contributed by atoms with Crippen LogP contribution >= 0.6 is 0 Å². The minimum Gasteiger partial charge on any atom is -0.483 e. The number of carbonyl (C=O) groups is 1. The molecule has 0 radical (unpaired) electrons. The summed E-state index contributed by atoms with van der Waals surface area (Å²) in [6.45, 7) is 2.25. The number of pyridine rings is 1. The van der Waals surface area contributed by atoms with Gasteiger partial charge in [-0.25, -0.2) is 0 Å². The monoisotopic (exact) mass is 430 g/mol. The molecule has 3 aromatic rings. The number of alkyl halides is 3. The maximum atomic E-state index is 12.4. The second-order valence-electron chi connectivity index (χ2n) is 6.98. The third-order valence-corrected chi connectivity index (χ3v) is 4.46. The summed E-state index contributed by atoms with van der Waals surface area (Å²) in [6, 6.07) is 10.0. The van der Waals surface area contributed by atoms with Crippen molar-refractivity contribution < 1.29 is 22.7 Å². The zero-order valence-electron chi connectivity index (χ0n) is 17.0. The molecular formula is C22H21F3N4O2. The molecule has 31 heavy (non-hydrogen) atoms. The number of hydrogen-bond donors (Lipinski definition) is 1. The predicted molar refractivity (Wildman–Crippen MR) is 108 cm³/mol. The Bertz CT molecular complexity index is 1020. The molecule has 9 heteroatoms. The number of nitrogens with zero attached hydrogens (tertiary/aromatic N) is 3. The Morgan fingerprint density at radius 1 is 1.06 bits per heavy atom. The highest BCUT2D eigenvalue weighted by Crippen LogP contribution is 2.21. The molecule has 1 amide bonds. The Morgan fingerprint density at radius 2 is 1.77 bits per heavy atom. The highest BCUT2D eigenvalue weighted by molar-refractivity contribution is 5.79. The summed E-state index contributed by atoms with van der Waals surface area (Å²) >= 11 is 0. The maximum absolute atomic E-state index is 12.4. The van der Waals surface area contributed by atoms with Crippen LogP contribution in [0.25, 0.3) is 11.3 Å². The minimum absolute atomic E-state index is 0.0121. The zero-order valence-corrected chi connectivity index (χ0v) is 17.0. The number of ether oxygens (including phenoxy) is 1. The van der Waals surface area contributed by atoms with Crippen LogP contribution in [0.5, 0.6) is 5.75 Å². The molecule has 1 N–H and O–H groups in total. The standard InChI is InChI=1S/C22H21F3N4O2/c1-14(19-8-7-18(12-28-19)31-13-22(23,24)25)29-20(30)11-16-3-5-17(6-4-16)21-15(2)26-9-10-27-21/h3-10,12,14H,11,13H2,1-2H3,(H,29,30)/t14-/m0/s1. The van der Waals surface area contributed by atoms with Crippen molar-refractivity contribution in [2.75, 3.05) is 6.61 Å². The van der Waals surface area contributed by atoms with Crippen molar-refractivity contribution in [1.82, 2.24) is 20.3 Å². The number of aromatic nitrogens is 3. The van der Waals surface area contributed by atoms with Gasteiger partial charge in [0, 0.05) is 18.0 Å². The molecule has 0 aliphatic heterocycles. The first kappa shape index (κ1) is 22.2. The summed E-state index contributed by atoms with van der Waals surface area (Å²) in [4.78, 5) is 25.0. The second kappa shape index (κ2) is 9.55. The number of benzene rings is 1. The van der Waals surface area contributed by atoms with Gasteiger partial charge in [0.15, 0.2) is 6.61 Å². The van der Waals surface area contributed by atoms with Crippen LogP contribution in [0.3, 0.4) is 0 Å². The van der Waals surface area contributed by atoms with E-state index in [1.165, 1.54) is 18.3 Å². The van der Waals surface area contributed by atoms with E-state index >= 15 is 0 Å². The van der Waals surface area contributed by atoms with Crippen LogP contribution in [0.1, 0.15) is 29.9 Å². The van der Waals surface area contributed by atoms with Gasteiger partial charge in [-0.2, -0.15) is 13.2 Å². The first-order chi connectivity index (χ1) is 14.7. The van der Waals surface area contributed by atoms with Gasteiger partial charge < -0.3 is 10.1 Å². The van der Waals surface area contributed by atoms with Gasteiger partial charge in [-0.05, 0) is 31.5 Å². The van der Waals surface area contributed by atoms with E-state index in [9.17, 15) is 18.0 Å². The number of nitrogens with one attached hydrogen (secondary N) is 1. The zero-order chi connectivity index (χ0) is 22.4. The average molecular weight is 430 g/mol. The normalized spacial score (nSPS) is 12.3. The van der Waals surface area contributed by atoms with Gasteiger partial charge in [0.05, 0.1) is 35.7 Å². The molecular weight excluding hydrogens is 409 g/mol. The molecule has 6 nitrogen and oxygen atoms in total. The Morgan fingerprint density at radius 3 is 2.39 bits per heavy atom. The van der Waals surface area contributed by atoms with Gasteiger partial charge in [0.1, 0.15) is 5.75 Å². The fourth-order valence-electron chi connectivity index (χ4n) is 2.92. The first-order valence-electron chi connectivity index (χ1n) is 9.53. The van der Waals surface area contributed by atoms with E-state index in [0.717, 1.165) is 22.5 Å². The van der Waals surface area contributed by atoms with Gasteiger partial charge in [0.25, 0.3) is 0 Å². The van der Waals surface area contributed by atoms with Crippen molar-refractivity contribution in [2.45, 2.75) is 32.5 Å². The van der Waals surface area contributed by atoms with Gasteiger partial charge in [-0.15, -0.1) is 0 Å². The summed E-state index contributed by atoms with van der Waals surface area (Å²) in [5.41, 5.74) is 3.88. The van der Waals surface area contributed by atoms with E-state index in [1.807, 2.05) is 31.2 Å². The lowest BCUT2D eigenvalue weighted by atomic mass is 10.1. The highest BCUT2D eigenvalue weighted by Gasteiger charge is 2.28. The van der Waals surface area contributed by atoms with Crippen molar-refractivity contribution in [3.05, 3.63) is 71.9 Å². The van der Waals surface area contributed by atoms with Crippen molar-refractivity contribution in [3.63, 3.8) is 0 Å². The molecule has 0 bridgehead atoms. The minimum atomic E-state index is -4.41. The van der Waals surface area contributed by atoms with Crippen molar-refractivity contribution in [2.24, 2.45) is 0 Å². The molecule has 0 aliphatic rings. The van der Waals surface area contributed by atoms with Crippen LogP contribution in [0, 0.1) is 6.92 Å². The maximum Gasteiger partial charge on any atom is 0.422 e. The van der Waals surface area contributed by atoms with Gasteiger partial charge in [0.2, 0.25) is 5.91 Å². The Kier molecular flexibility index (Phi) is 6.84. The summed E-state index contributed by atoms with van der Waals surface area (Å²) < 4.78 is 41.2. The van der Waals surface area contributed by atoms with Gasteiger partial charge in [-0.3, -0.25) is 19.7 Å². The molecule has 2 heterocycles. The third-order valence-electron chi connectivity index (χ3n) is 4.46. The lowest BCUT2D eigenvalue weighted by molar-refractivity contribution is -0.153. The van der Waals surface area contributed by atoms with E-state index < -0.39 is 18.8 Å². The summed E-state index contributed by atoms with van der Waals surface area (Å²) in [5.74, 6) is -0.187. The summed E-state index contributed by atoms with van der Waals surface area (Å²) in [5, 5.41) is 2.83. The number of carbonyl (C=O) groups excluding carboxylic acids is 1. The third kappa shape index (κ3) is 6.50. The quantitative estimate of drug-likeness (QED) is 0.608. The molecule has 0 unspecified atom stereocenters. The molecule has 0 saturated carbocycles. The fraction of sp³-hybridized carbons (Fsp3) is 0.273. The molecule has 0 aliphatic carbocycles. The molecule has 0 spiro atoms. The smallest absolute Gasteiger partial charge is 0.422 e. The lowest BCUT2D eigenvalue weighted by Gasteiger charge is -2.14. The van der Waals surface area contributed by atoms with Gasteiger partial charge >= 0.3 is 6.18 Å². The van der Waals surface area contributed by atoms with Crippen molar-refractivity contribution >= 4 is 5.91 Å². The second-order valence-corrected chi connectivity index (χ2v) is 6.98. The molecule has 1 aromatic carbocycles. The molecule has 3 rings (SSSR count). The molecule has 1 atom stereocenters. The SMILES string of the molecule is Cc1nccnc1-c1ccc(CC(=O)N[C@@H](C)c2ccc(OCC(F)(F)F)cn2)cc1. The molecule has 2 aromatic heterocycles. The number of halogens is 3. The van der Waals surface area contributed by atoms with E-state index in [1.54, 1.807) is 19.3 Å². The predicted octanol–water partition coefficient (Wildman–Crippen LogP) is 4.21. The van der Waals surface area contributed by atoms with E-state index in [-0.39, 0.29) is 18.1 Å². The Balaban J connectivity index is 1.55. The topological polar surface area (TPSA) is 77.0 Å². The molecule has 0 saturated heterocycles. The van der Waals surface area contributed by atoms with Crippen LogP contribution in [0.15, 0.2) is 55.0 Å².